The van der Waals surface area contributed by atoms with Gasteiger partial charge in [0.15, 0.2) is 0 Å². The molecule has 2 aromatic heterocycles. The van der Waals surface area contributed by atoms with Crippen LogP contribution in [0.5, 0.6) is 5.88 Å². The van der Waals surface area contributed by atoms with Gasteiger partial charge in [0.05, 0.1) is 5.39 Å². The van der Waals surface area contributed by atoms with Crippen molar-refractivity contribution in [3.63, 3.8) is 0 Å². The third kappa shape index (κ3) is 2.86. The molecule has 0 aliphatic carbocycles. The van der Waals surface area contributed by atoms with Crippen molar-refractivity contribution >= 4 is 27.5 Å². The van der Waals surface area contributed by atoms with Gasteiger partial charge in [-0.05, 0) is 38.9 Å². The van der Waals surface area contributed by atoms with Crippen molar-refractivity contribution in [2.45, 2.75) is 19.8 Å². The summed E-state index contributed by atoms with van der Waals surface area (Å²) < 4.78 is 5.91. The first kappa shape index (κ1) is 13.6. The van der Waals surface area contributed by atoms with Crippen molar-refractivity contribution in [1.29, 1.82) is 0 Å². The Labute approximate surface area is 123 Å². The summed E-state index contributed by atoms with van der Waals surface area (Å²) in [5, 5.41) is 4.02. The van der Waals surface area contributed by atoms with Gasteiger partial charge >= 0.3 is 0 Å². The lowest BCUT2D eigenvalue weighted by molar-refractivity contribution is 0.234. The highest BCUT2D eigenvalue weighted by Gasteiger charge is 2.14. The molecule has 6 heteroatoms. The van der Waals surface area contributed by atoms with Crippen LogP contribution in [-0.2, 0) is 0 Å². The third-order valence-corrected chi connectivity index (χ3v) is 4.49. The van der Waals surface area contributed by atoms with E-state index >= 15 is 0 Å². The number of aryl methyl sites for hydroxylation is 1. The van der Waals surface area contributed by atoms with Crippen LogP contribution in [0.25, 0.3) is 10.2 Å². The van der Waals surface area contributed by atoms with Crippen LogP contribution >= 0.6 is 11.3 Å². The SMILES string of the molecule is CNc1nc(OCCN2CCCC2)c2cc(C)sc2n1. The van der Waals surface area contributed by atoms with E-state index in [0.29, 0.717) is 18.4 Å². The number of thiophene rings is 1. The molecule has 5 nitrogen and oxygen atoms in total. The van der Waals surface area contributed by atoms with E-state index in [1.54, 1.807) is 11.3 Å². The van der Waals surface area contributed by atoms with Crippen molar-refractivity contribution < 1.29 is 4.74 Å². The van der Waals surface area contributed by atoms with Crippen LogP contribution in [0.3, 0.4) is 0 Å². The Balaban J connectivity index is 1.74. The van der Waals surface area contributed by atoms with Crippen molar-refractivity contribution in [2.24, 2.45) is 0 Å². The van der Waals surface area contributed by atoms with Gasteiger partial charge in [0.1, 0.15) is 11.4 Å². The Morgan fingerprint density at radius 3 is 2.90 bits per heavy atom. The Kier molecular flexibility index (Phi) is 4.03. The summed E-state index contributed by atoms with van der Waals surface area (Å²) in [6.07, 6.45) is 2.62. The largest absolute Gasteiger partial charge is 0.476 e. The zero-order valence-electron chi connectivity index (χ0n) is 12.0. The zero-order chi connectivity index (χ0) is 13.9. The molecule has 0 bridgehead atoms. The molecule has 20 heavy (non-hydrogen) atoms. The van der Waals surface area contributed by atoms with Gasteiger partial charge in [0.2, 0.25) is 11.8 Å². The summed E-state index contributed by atoms with van der Waals surface area (Å²) in [7, 11) is 1.83. The second kappa shape index (κ2) is 5.93. The zero-order valence-corrected chi connectivity index (χ0v) is 12.8. The molecule has 0 radical (unpaired) electrons. The molecular formula is C14H20N4OS. The van der Waals surface area contributed by atoms with Crippen molar-refractivity contribution in [2.75, 3.05) is 38.6 Å². The number of ether oxygens (including phenoxy) is 1. The normalized spacial score (nSPS) is 15.9. The van der Waals surface area contributed by atoms with Crippen LogP contribution in [0.2, 0.25) is 0 Å². The number of nitrogens with zero attached hydrogens (tertiary/aromatic N) is 3. The monoisotopic (exact) mass is 292 g/mol. The fourth-order valence-electron chi connectivity index (χ4n) is 2.52. The molecule has 1 fully saturated rings. The minimum Gasteiger partial charge on any atom is -0.476 e. The van der Waals surface area contributed by atoms with Gasteiger partial charge in [0.25, 0.3) is 0 Å². The van der Waals surface area contributed by atoms with E-state index in [-0.39, 0.29) is 0 Å². The maximum Gasteiger partial charge on any atom is 0.227 e. The number of likely N-dealkylation sites (tertiary alicyclic amines) is 1. The molecule has 1 saturated heterocycles. The summed E-state index contributed by atoms with van der Waals surface area (Å²) in [6, 6.07) is 2.10. The van der Waals surface area contributed by atoms with Crippen LogP contribution in [0.1, 0.15) is 17.7 Å². The average molecular weight is 292 g/mol. The lowest BCUT2D eigenvalue weighted by Crippen LogP contribution is -2.25. The molecular weight excluding hydrogens is 272 g/mol. The maximum atomic E-state index is 5.91. The molecule has 0 atom stereocenters. The fourth-order valence-corrected chi connectivity index (χ4v) is 3.39. The van der Waals surface area contributed by atoms with Gasteiger partial charge in [-0.2, -0.15) is 4.98 Å². The van der Waals surface area contributed by atoms with E-state index in [9.17, 15) is 0 Å². The summed E-state index contributed by atoms with van der Waals surface area (Å²) in [6.45, 7) is 6.14. The van der Waals surface area contributed by atoms with E-state index in [1.165, 1.54) is 30.8 Å². The van der Waals surface area contributed by atoms with Crippen molar-refractivity contribution in [3.8, 4) is 5.88 Å². The van der Waals surface area contributed by atoms with Gasteiger partial charge in [-0.3, -0.25) is 4.90 Å². The van der Waals surface area contributed by atoms with Crippen molar-refractivity contribution in [1.82, 2.24) is 14.9 Å². The Hall–Kier alpha value is -1.40. The van der Waals surface area contributed by atoms with Gasteiger partial charge in [0, 0.05) is 18.5 Å². The van der Waals surface area contributed by atoms with Gasteiger partial charge in [-0.25, -0.2) is 4.98 Å². The molecule has 0 saturated carbocycles. The molecule has 0 aromatic carbocycles. The third-order valence-electron chi connectivity index (χ3n) is 3.55. The number of aromatic nitrogens is 2. The summed E-state index contributed by atoms with van der Waals surface area (Å²) >= 11 is 1.67. The number of hydrogen-bond donors (Lipinski definition) is 1. The predicted octanol–water partition coefficient (Wildman–Crippen LogP) is 2.52. The molecule has 0 unspecified atom stereocenters. The van der Waals surface area contributed by atoms with Crippen LogP contribution < -0.4 is 10.1 Å². The quantitative estimate of drug-likeness (QED) is 0.917. The van der Waals surface area contributed by atoms with Gasteiger partial charge < -0.3 is 10.1 Å². The fraction of sp³-hybridized carbons (Fsp3) is 0.571. The van der Waals surface area contributed by atoms with E-state index in [1.807, 2.05) is 7.05 Å². The Morgan fingerprint density at radius 1 is 1.35 bits per heavy atom. The first-order valence-corrected chi connectivity index (χ1v) is 7.89. The highest BCUT2D eigenvalue weighted by Crippen LogP contribution is 2.30. The second-order valence-corrected chi connectivity index (χ2v) is 6.31. The topological polar surface area (TPSA) is 50.3 Å². The highest BCUT2D eigenvalue weighted by atomic mass is 32.1. The lowest BCUT2D eigenvalue weighted by atomic mass is 10.3. The van der Waals surface area contributed by atoms with Gasteiger partial charge in [-0.1, -0.05) is 0 Å². The predicted molar refractivity (Wildman–Crippen MR) is 82.9 cm³/mol. The number of hydrogen-bond acceptors (Lipinski definition) is 6. The molecule has 3 heterocycles. The number of nitrogens with one attached hydrogen (secondary N) is 1. The minimum atomic E-state index is 0.621. The molecule has 3 rings (SSSR count). The Bertz CT molecular complexity index is 592. The van der Waals surface area contributed by atoms with E-state index in [2.05, 4.69) is 33.2 Å². The Morgan fingerprint density at radius 2 is 2.15 bits per heavy atom. The molecule has 0 spiro atoms. The van der Waals surface area contributed by atoms with E-state index < -0.39 is 0 Å². The van der Waals surface area contributed by atoms with E-state index in [4.69, 9.17) is 4.74 Å². The minimum absolute atomic E-state index is 0.621. The van der Waals surface area contributed by atoms with Crippen LogP contribution in [-0.4, -0.2) is 48.2 Å². The number of fused-ring (bicyclic) bond motifs is 1. The summed E-state index contributed by atoms with van der Waals surface area (Å²) in [5.74, 6) is 1.32. The van der Waals surface area contributed by atoms with Crippen LogP contribution in [0.4, 0.5) is 5.95 Å². The second-order valence-electron chi connectivity index (χ2n) is 5.08. The molecule has 0 amide bonds. The van der Waals surface area contributed by atoms with Gasteiger partial charge in [-0.15, -0.1) is 11.3 Å². The summed E-state index contributed by atoms with van der Waals surface area (Å²) in [4.78, 5) is 13.6. The smallest absolute Gasteiger partial charge is 0.227 e. The first-order chi connectivity index (χ1) is 9.76. The number of anilines is 1. The molecule has 1 N–H and O–H groups in total. The van der Waals surface area contributed by atoms with Crippen LogP contribution in [0, 0.1) is 6.92 Å². The molecule has 1 aliphatic heterocycles. The average Bonchev–Trinajstić information content (AvgIpc) is 3.06. The van der Waals surface area contributed by atoms with Crippen LogP contribution in [0.15, 0.2) is 6.07 Å². The van der Waals surface area contributed by atoms with Crippen molar-refractivity contribution in [3.05, 3.63) is 10.9 Å². The molecule has 108 valence electrons. The number of rotatable bonds is 5. The highest BCUT2D eigenvalue weighted by molar-refractivity contribution is 7.18. The lowest BCUT2D eigenvalue weighted by Gasteiger charge is -2.15. The molecule has 1 aliphatic rings. The standard InChI is InChI=1S/C14H20N4OS/c1-10-9-11-12(16-14(15-2)17-13(11)20-10)19-8-7-18-5-3-4-6-18/h9H,3-8H2,1-2H3,(H,15,16,17). The maximum absolute atomic E-state index is 5.91. The molecule has 2 aromatic rings. The van der Waals surface area contributed by atoms with E-state index in [0.717, 1.165) is 16.8 Å². The first-order valence-electron chi connectivity index (χ1n) is 7.07. The summed E-state index contributed by atoms with van der Waals surface area (Å²) in [5.41, 5.74) is 0.